The lowest BCUT2D eigenvalue weighted by Gasteiger charge is -2.18. The molecule has 7 heteroatoms. The van der Waals surface area contributed by atoms with Crippen LogP contribution in [0.15, 0.2) is 36.4 Å². The average molecular weight is 393 g/mol. The van der Waals surface area contributed by atoms with E-state index in [4.69, 9.17) is 0 Å². The Morgan fingerprint density at radius 3 is 2.29 bits per heavy atom. The van der Waals surface area contributed by atoms with Crippen LogP contribution in [0.25, 0.3) is 0 Å². The number of hydrogen-bond acceptors (Lipinski definition) is 2. The topological polar surface area (TPSA) is 46.2 Å². The third-order valence-corrected chi connectivity index (χ3v) is 5.24. The van der Waals surface area contributed by atoms with Gasteiger partial charge in [-0.2, -0.15) is 13.2 Å². The van der Waals surface area contributed by atoms with Crippen LogP contribution in [-0.4, -0.2) is 11.7 Å². The number of nitrogens with one attached hydrogen (secondary N) is 1. The summed E-state index contributed by atoms with van der Waals surface area (Å²) in [6.07, 6.45) is -4.23. The summed E-state index contributed by atoms with van der Waals surface area (Å²) in [5.41, 5.74) is 0.243. The molecular formula is C21H19F4NO2. The average Bonchev–Trinajstić information content (AvgIpc) is 3.37. The summed E-state index contributed by atoms with van der Waals surface area (Å²) in [6, 6.07) is 7.36. The molecule has 0 radical (unpaired) electrons. The zero-order valence-corrected chi connectivity index (χ0v) is 15.4. The van der Waals surface area contributed by atoms with Gasteiger partial charge in [0.2, 0.25) is 5.78 Å². The molecule has 0 unspecified atom stereocenters. The van der Waals surface area contributed by atoms with E-state index in [1.165, 1.54) is 0 Å². The quantitative estimate of drug-likeness (QED) is 0.568. The molecule has 1 amide bonds. The summed E-state index contributed by atoms with van der Waals surface area (Å²) < 4.78 is 53.0. The first-order chi connectivity index (χ1) is 13.0. The number of aryl methyl sites for hydroxylation is 2. The molecule has 28 heavy (non-hydrogen) atoms. The standard InChI is InChI=1S/C21H19F4NO2/c1-12-3-5-15(9-13(12)2)26-19(28)18(27)11-20(7-8-20)16-10-14(21(23,24)25)4-6-17(16)22/h3-6,9-10H,7-8,11H2,1-2H3,(H,26,28). The van der Waals surface area contributed by atoms with Crippen LogP contribution in [0.1, 0.15) is 41.5 Å². The lowest BCUT2D eigenvalue weighted by Crippen LogP contribution is -2.27. The molecule has 3 rings (SSSR count). The smallest absolute Gasteiger partial charge is 0.319 e. The molecule has 0 aliphatic heterocycles. The summed E-state index contributed by atoms with van der Waals surface area (Å²) in [7, 11) is 0. The van der Waals surface area contributed by atoms with Crippen LogP contribution in [0.3, 0.4) is 0 Å². The van der Waals surface area contributed by atoms with Crippen molar-refractivity contribution in [1.29, 1.82) is 0 Å². The normalized spacial score (nSPS) is 15.2. The molecule has 1 aliphatic carbocycles. The number of anilines is 1. The molecule has 3 nitrogen and oxygen atoms in total. The third kappa shape index (κ3) is 4.08. The Morgan fingerprint density at radius 1 is 1.04 bits per heavy atom. The second kappa shape index (κ2) is 7.04. The molecule has 0 bridgehead atoms. The zero-order chi connectivity index (χ0) is 20.7. The molecule has 0 atom stereocenters. The molecule has 1 aliphatic rings. The van der Waals surface area contributed by atoms with Crippen LogP contribution in [0.5, 0.6) is 0 Å². The van der Waals surface area contributed by atoms with Gasteiger partial charge >= 0.3 is 6.18 Å². The van der Waals surface area contributed by atoms with E-state index in [-0.39, 0.29) is 12.0 Å². The molecule has 1 fully saturated rings. The van der Waals surface area contributed by atoms with Gasteiger partial charge in [-0.05, 0) is 73.7 Å². The number of amides is 1. The van der Waals surface area contributed by atoms with E-state index in [0.29, 0.717) is 24.6 Å². The maximum atomic E-state index is 14.2. The van der Waals surface area contributed by atoms with Gasteiger partial charge in [-0.15, -0.1) is 0 Å². The zero-order valence-electron chi connectivity index (χ0n) is 15.4. The molecule has 0 saturated heterocycles. The van der Waals surface area contributed by atoms with E-state index >= 15 is 0 Å². The maximum Gasteiger partial charge on any atom is 0.416 e. The molecule has 0 heterocycles. The minimum atomic E-state index is -4.61. The monoisotopic (exact) mass is 393 g/mol. The van der Waals surface area contributed by atoms with Crippen LogP contribution in [-0.2, 0) is 21.2 Å². The van der Waals surface area contributed by atoms with Crippen molar-refractivity contribution in [2.45, 2.75) is 44.7 Å². The van der Waals surface area contributed by atoms with Gasteiger partial charge in [0, 0.05) is 17.5 Å². The summed E-state index contributed by atoms with van der Waals surface area (Å²) >= 11 is 0. The highest BCUT2D eigenvalue weighted by Gasteiger charge is 2.49. The largest absolute Gasteiger partial charge is 0.416 e. The minimum absolute atomic E-state index is 0.158. The number of ketones is 1. The second-order valence-electron chi connectivity index (χ2n) is 7.33. The lowest BCUT2D eigenvalue weighted by molar-refractivity contribution is -0.137. The van der Waals surface area contributed by atoms with Gasteiger partial charge in [0.1, 0.15) is 5.82 Å². The first-order valence-electron chi connectivity index (χ1n) is 8.80. The predicted molar refractivity (Wildman–Crippen MR) is 96.5 cm³/mol. The van der Waals surface area contributed by atoms with E-state index < -0.39 is 34.7 Å². The van der Waals surface area contributed by atoms with Gasteiger partial charge in [-0.3, -0.25) is 9.59 Å². The van der Waals surface area contributed by atoms with E-state index in [1.807, 2.05) is 13.8 Å². The number of rotatable bonds is 5. The van der Waals surface area contributed by atoms with Crippen molar-refractivity contribution < 1.29 is 27.2 Å². The number of carbonyl (C=O) groups is 2. The van der Waals surface area contributed by atoms with Gasteiger partial charge < -0.3 is 5.32 Å². The molecule has 148 valence electrons. The van der Waals surface area contributed by atoms with Gasteiger partial charge in [0.05, 0.1) is 5.56 Å². The highest BCUT2D eigenvalue weighted by Crippen LogP contribution is 2.52. The summed E-state index contributed by atoms with van der Waals surface area (Å²) in [4.78, 5) is 24.6. The van der Waals surface area contributed by atoms with Gasteiger partial charge in [0.25, 0.3) is 5.91 Å². The van der Waals surface area contributed by atoms with Gasteiger partial charge in [0.15, 0.2) is 0 Å². The molecule has 0 aromatic heterocycles. The fourth-order valence-electron chi connectivity index (χ4n) is 3.21. The molecule has 2 aromatic rings. The highest BCUT2D eigenvalue weighted by atomic mass is 19.4. The van der Waals surface area contributed by atoms with E-state index in [9.17, 15) is 27.2 Å². The fourth-order valence-corrected chi connectivity index (χ4v) is 3.21. The predicted octanol–water partition coefficient (Wildman–Crippen LogP) is 5.09. The first-order valence-corrected chi connectivity index (χ1v) is 8.80. The Kier molecular flexibility index (Phi) is 5.04. The number of benzene rings is 2. The number of Topliss-reactive ketones (excluding diaryl/α,β-unsaturated/α-hetero) is 1. The van der Waals surface area contributed by atoms with Crippen molar-refractivity contribution in [2.24, 2.45) is 0 Å². The Hall–Kier alpha value is -2.70. The molecule has 1 saturated carbocycles. The first kappa shape index (κ1) is 20.0. The van der Waals surface area contributed by atoms with Crippen LogP contribution >= 0.6 is 0 Å². The summed E-state index contributed by atoms with van der Waals surface area (Å²) in [5.74, 6) is -2.44. The second-order valence-corrected chi connectivity index (χ2v) is 7.33. The Bertz CT molecular complexity index is 946. The van der Waals surface area contributed by atoms with Crippen LogP contribution in [0.4, 0.5) is 23.2 Å². The number of hydrogen-bond donors (Lipinski definition) is 1. The van der Waals surface area contributed by atoms with Crippen LogP contribution in [0.2, 0.25) is 0 Å². The van der Waals surface area contributed by atoms with E-state index in [2.05, 4.69) is 5.32 Å². The molecule has 2 aromatic carbocycles. The van der Waals surface area contributed by atoms with Crippen molar-refractivity contribution in [2.75, 3.05) is 5.32 Å². The number of alkyl halides is 3. The minimum Gasteiger partial charge on any atom is -0.319 e. The molecule has 1 N–H and O–H groups in total. The van der Waals surface area contributed by atoms with Gasteiger partial charge in [-0.1, -0.05) is 6.07 Å². The van der Waals surface area contributed by atoms with Crippen LogP contribution < -0.4 is 5.32 Å². The van der Waals surface area contributed by atoms with Crippen molar-refractivity contribution in [3.8, 4) is 0 Å². The Morgan fingerprint density at radius 2 is 1.71 bits per heavy atom. The number of carbonyl (C=O) groups excluding carboxylic acids is 2. The van der Waals surface area contributed by atoms with Crippen molar-refractivity contribution >= 4 is 17.4 Å². The lowest BCUT2D eigenvalue weighted by atomic mass is 9.88. The van der Waals surface area contributed by atoms with Crippen molar-refractivity contribution in [3.63, 3.8) is 0 Å². The van der Waals surface area contributed by atoms with E-state index in [1.54, 1.807) is 18.2 Å². The van der Waals surface area contributed by atoms with Crippen molar-refractivity contribution in [1.82, 2.24) is 0 Å². The molecule has 0 spiro atoms. The SMILES string of the molecule is Cc1ccc(NC(=O)C(=O)CC2(c3cc(C(F)(F)F)ccc3F)CC2)cc1C. The Balaban J connectivity index is 1.76. The van der Waals surface area contributed by atoms with Crippen LogP contribution in [0, 0.1) is 19.7 Å². The summed E-state index contributed by atoms with van der Waals surface area (Å²) in [5, 5.41) is 2.50. The maximum absolute atomic E-state index is 14.2. The fraction of sp³-hybridized carbons (Fsp3) is 0.333. The third-order valence-electron chi connectivity index (χ3n) is 5.24. The van der Waals surface area contributed by atoms with Crippen molar-refractivity contribution in [3.05, 3.63) is 64.5 Å². The van der Waals surface area contributed by atoms with E-state index in [0.717, 1.165) is 23.3 Å². The van der Waals surface area contributed by atoms with Gasteiger partial charge in [-0.25, -0.2) is 4.39 Å². The Labute approximate surface area is 159 Å². The molecular weight excluding hydrogens is 374 g/mol. The number of halogens is 4. The highest BCUT2D eigenvalue weighted by molar-refractivity contribution is 6.40. The summed E-state index contributed by atoms with van der Waals surface area (Å²) in [6.45, 7) is 3.77.